The minimum atomic E-state index is -4.46. The molecular weight excluding hydrogens is 197 g/mol. The number of rotatable bonds is 4. The van der Waals surface area contributed by atoms with Crippen LogP contribution in [-0.4, -0.2) is 19.3 Å². The van der Waals surface area contributed by atoms with Gasteiger partial charge in [0.05, 0.1) is 7.11 Å². The van der Waals surface area contributed by atoms with E-state index in [0.29, 0.717) is 6.42 Å². The molecule has 0 atom stereocenters. The number of allylic oxidation sites excluding steroid dienone is 1. The van der Waals surface area contributed by atoms with Crippen molar-refractivity contribution in [1.29, 1.82) is 0 Å². The maximum Gasteiger partial charge on any atom is 0.410 e. The van der Waals surface area contributed by atoms with E-state index >= 15 is 0 Å². The molecule has 0 aliphatic carbocycles. The molecule has 14 heavy (non-hydrogen) atoms. The highest BCUT2D eigenvalue weighted by Crippen LogP contribution is 2.21. The predicted molar refractivity (Wildman–Crippen MR) is 45.7 cm³/mol. The fraction of sp³-hybridized carbons (Fsp3) is 0.667. The van der Waals surface area contributed by atoms with Crippen molar-refractivity contribution in [3.05, 3.63) is 11.6 Å². The van der Waals surface area contributed by atoms with Crippen LogP contribution in [0.4, 0.5) is 13.2 Å². The molecule has 82 valence electrons. The molecule has 0 saturated carbocycles. The third kappa shape index (κ3) is 5.61. The van der Waals surface area contributed by atoms with Crippen LogP contribution in [0.25, 0.3) is 0 Å². The Kier molecular flexibility index (Phi) is 5.27. The van der Waals surface area contributed by atoms with Gasteiger partial charge in [-0.2, -0.15) is 13.2 Å². The number of ether oxygens (including phenoxy) is 1. The second-order valence-electron chi connectivity index (χ2n) is 2.81. The first-order valence-electron chi connectivity index (χ1n) is 4.27. The van der Waals surface area contributed by atoms with E-state index in [1.165, 1.54) is 0 Å². The number of halogens is 3. The first kappa shape index (κ1) is 13.0. The Morgan fingerprint density at radius 1 is 1.43 bits per heavy atom. The molecule has 2 nitrogen and oxygen atoms in total. The lowest BCUT2D eigenvalue weighted by atomic mass is 10.1. The van der Waals surface area contributed by atoms with Gasteiger partial charge < -0.3 is 4.74 Å². The average Bonchev–Trinajstić information content (AvgIpc) is 2.09. The Bertz CT molecular complexity index is 219. The summed E-state index contributed by atoms with van der Waals surface area (Å²) in [6, 6.07) is 0. The highest BCUT2D eigenvalue weighted by atomic mass is 19.4. The third-order valence-electron chi connectivity index (χ3n) is 1.59. The Hall–Kier alpha value is -1.00. The summed E-state index contributed by atoms with van der Waals surface area (Å²) in [6.07, 6.45) is -3.09. The summed E-state index contributed by atoms with van der Waals surface area (Å²) in [5.41, 5.74) is -0.318. The Morgan fingerprint density at radius 2 is 2.00 bits per heavy atom. The molecule has 0 fully saturated rings. The molecule has 0 radical (unpaired) electrons. The summed E-state index contributed by atoms with van der Waals surface area (Å²) in [7, 11) is 1.07. The summed E-state index contributed by atoms with van der Waals surface area (Å²) in [5.74, 6) is -0.907. The number of hydrogen-bond donors (Lipinski definition) is 0. The van der Waals surface area contributed by atoms with Crippen LogP contribution in [0.2, 0.25) is 0 Å². The van der Waals surface area contributed by atoms with Crippen LogP contribution in [0.3, 0.4) is 0 Å². The van der Waals surface area contributed by atoms with E-state index in [-0.39, 0.29) is 18.1 Å². The van der Waals surface area contributed by atoms with E-state index < -0.39 is 12.1 Å². The minimum Gasteiger partial charge on any atom is -0.466 e. The Morgan fingerprint density at radius 3 is 2.36 bits per heavy atom. The third-order valence-corrected chi connectivity index (χ3v) is 1.59. The lowest BCUT2D eigenvalue weighted by Crippen LogP contribution is -2.11. The quantitative estimate of drug-likeness (QED) is 0.526. The number of hydrogen-bond acceptors (Lipinski definition) is 2. The zero-order valence-electron chi connectivity index (χ0n) is 8.15. The van der Waals surface area contributed by atoms with Crippen molar-refractivity contribution in [2.75, 3.05) is 7.11 Å². The summed E-state index contributed by atoms with van der Waals surface area (Å²) >= 11 is 0. The number of carbonyl (C=O) groups excluding carboxylic acids is 1. The molecule has 5 heteroatoms. The van der Waals surface area contributed by atoms with Gasteiger partial charge in [0.15, 0.2) is 0 Å². The SMILES string of the molecule is CCCCC(=CC(F)(F)F)C(=O)OC. The predicted octanol–water partition coefficient (Wildman–Crippen LogP) is 2.84. The molecule has 0 amide bonds. The van der Waals surface area contributed by atoms with Crippen molar-refractivity contribution in [2.45, 2.75) is 32.4 Å². The van der Waals surface area contributed by atoms with Gasteiger partial charge in [-0.3, -0.25) is 0 Å². The summed E-state index contributed by atoms with van der Waals surface area (Å²) in [5, 5.41) is 0. The largest absolute Gasteiger partial charge is 0.466 e. The molecule has 0 aromatic heterocycles. The number of methoxy groups -OCH3 is 1. The molecule has 0 N–H and O–H groups in total. The minimum absolute atomic E-state index is 0.00843. The van der Waals surface area contributed by atoms with Crippen LogP contribution >= 0.6 is 0 Å². The van der Waals surface area contributed by atoms with Crippen molar-refractivity contribution in [1.82, 2.24) is 0 Å². The zero-order chi connectivity index (χ0) is 11.2. The number of alkyl halides is 3. The van der Waals surface area contributed by atoms with Crippen molar-refractivity contribution < 1.29 is 22.7 Å². The normalized spacial score (nSPS) is 12.8. The van der Waals surface area contributed by atoms with Crippen LogP contribution in [0.1, 0.15) is 26.2 Å². The first-order chi connectivity index (χ1) is 6.40. The monoisotopic (exact) mass is 210 g/mol. The number of unbranched alkanes of at least 4 members (excludes halogenated alkanes) is 1. The molecule has 0 rings (SSSR count). The van der Waals surface area contributed by atoms with E-state index in [4.69, 9.17) is 0 Å². The smallest absolute Gasteiger partial charge is 0.410 e. The van der Waals surface area contributed by atoms with Crippen molar-refractivity contribution in [2.24, 2.45) is 0 Å². The molecule has 0 saturated heterocycles. The van der Waals surface area contributed by atoms with Gasteiger partial charge in [-0.15, -0.1) is 0 Å². The number of carbonyl (C=O) groups is 1. The van der Waals surface area contributed by atoms with Crippen molar-refractivity contribution >= 4 is 5.97 Å². The van der Waals surface area contributed by atoms with Gasteiger partial charge in [0.2, 0.25) is 0 Å². The average molecular weight is 210 g/mol. The second kappa shape index (κ2) is 5.67. The Labute approximate surface area is 80.7 Å². The second-order valence-corrected chi connectivity index (χ2v) is 2.81. The standard InChI is InChI=1S/C9H13F3O2/c1-3-4-5-7(8(13)14-2)6-9(10,11)12/h6H,3-5H2,1-2H3. The van der Waals surface area contributed by atoms with E-state index in [2.05, 4.69) is 4.74 Å². The van der Waals surface area contributed by atoms with Crippen LogP contribution in [0.15, 0.2) is 11.6 Å². The van der Waals surface area contributed by atoms with Gasteiger partial charge >= 0.3 is 12.1 Å². The highest BCUT2D eigenvalue weighted by Gasteiger charge is 2.26. The summed E-state index contributed by atoms with van der Waals surface area (Å²) in [4.78, 5) is 10.9. The molecule has 0 bridgehead atoms. The lowest BCUT2D eigenvalue weighted by Gasteiger charge is -2.06. The maximum absolute atomic E-state index is 11.9. The lowest BCUT2D eigenvalue weighted by molar-refractivity contribution is -0.137. The summed E-state index contributed by atoms with van der Waals surface area (Å²) < 4.78 is 40.1. The molecule has 0 aromatic carbocycles. The van der Waals surface area contributed by atoms with Gasteiger partial charge in [0.25, 0.3) is 0 Å². The zero-order valence-corrected chi connectivity index (χ0v) is 8.15. The molecule has 0 aliphatic rings. The van der Waals surface area contributed by atoms with Gasteiger partial charge in [-0.1, -0.05) is 13.3 Å². The maximum atomic E-state index is 11.9. The van der Waals surface area contributed by atoms with Crippen LogP contribution in [0.5, 0.6) is 0 Å². The van der Waals surface area contributed by atoms with E-state index in [1.807, 2.05) is 6.92 Å². The van der Waals surface area contributed by atoms with Gasteiger partial charge in [0, 0.05) is 11.6 Å². The molecule has 0 unspecified atom stereocenters. The topological polar surface area (TPSA) is 26.3 Å². The van der Waals surface area contributed by atoms with Crippen molar-refractivity contribution in [3.8, 4) is 0 Å². The van der Waals surface area contributed by atoms with E-state index in [9.17, 15) is 18.0 Å². The molecule has 0 heterocycles. The Balaban J connectivity index is 4.55. The van der Waals surface area contributed by atoms with Crippen LogP contribution < -0.4 is 0 Å². The molecule has 0 aromatic rings. The van der Waals surface area contributed by atoms with E-state index in [0.717, 1.165) is 13.5 Å². The first-order valence-corrected chi connectivity index (χ1v) is 4.27. The molecule has 0 spiro atoms. The molecular formula is C9H13F3O2. The van der Waals surface area contributed by atoms with E-state index in [1.54, 1.807) is 0 Å². The van der Waals surface area contributed by atoms with Gasteiger partial charge in [-0.05, 0) is 12.8 Å². The van der Waals surface area contributed by atoms with Gasteiger partial charge in [-0.25, -0.2) is 4.79 Å². The summed E-state index contributed by atoms with van der Waals surface area (Å²) in [6.45, 7) is 1.84. The van der Waals surface area contributed by atoms with Crippen LogP contribution in [0, 0.1) is 0 Å². The number of esters is 1. The van der Waals surface area contributed by atoms with Gasteiger partial charge in [0.1, 0.15) is 0 Å². The fourth-order valence-corrected chi connectivity index (χ4v) is 0.929. The highest BCUT2D eigenvalue weighted by molar-refractivity contribution is 5.88. The molecule has 0 aliphatic heterocycles. The van der Waals surface area contributed by atoms with Crippen LogP contribution in [-0.2, 0) is 9.53 Å². The fourth-order valence-electron chi connectivity index (χ4n) is 0.929. The van der Waals surface area contributed by atoms with Crippen molar-refractivity contribution in [3.63, 3.8) is 0 Å².